The monoisotopic (exact) mass is 1150 g/mol. The highest BCUT2D eigenvalue weighted by Crippen LogP contribution is 2.48. The molecule has 7 N–H and O–H groups in total. The highest BCUT2D eigenvalue weighted by Gasteiger charge is 2.39. The average Bonchev–Trinajstić information content (AvgIpc) is 3.63. The first-order chi connectivity index (χ1) is 38.7. The third-order valence-electron chi connectivity index (χ3n) is 11.5. The summed E-state index contributed by atoms with van der Waals surface area (Å²) in [6.45, 7) is 21.5. The van der Waals surface area contributed by atoms with Gasteiger partial charge >= 0.3 is 12.2 Å². The van der Waals surface area contributed by atoms with Gasteiger partial charge in [-0.1, -0.05) is 112 Å². The van der Waals surface area contributed by atoms with Gasteiger partial charge in [0, 0.05) is 64.2 Å². The van der Waals surface area contributed by atoms with Crippen molar-refractivity contribution in [2.75, 3.05) is 84.8 Å². The van der Waals surface area contributed by atoms with Crippen LogP contribution in [0.3, 0.4) is 0 Å². The fourth-order valence-electron chi connectivity index (χ4n) is 7.69. The van der Waals surface area contributed by atoms with Gasteiger partial charge in [-0.15, -0.1) is 11.8 Å². The van der Waals surface area contributed by atoms with E-state index in [0.717, 1.165) is 29.5 Å². The maximum atomic E-state index is 14.4. The highest BCUT2D eigenvalue weighted by atomic mass is 32.2. The fourth-order valence-corrected chi connectivity index (χ4v) is 9.25. The predicted octanol–water partition coefficient (Wildman–Crippen LogP) is 8.40. The lowest BCUT2D eigenvalue weighted by molar-refractivity contribution is -0.129. The summed E-state index contributed by atoms with van der Waals surface area (Å²) < 4.78 is 31.8. The summed E-state index contributed by atoms with van der Waals surface area (Å²) in [4.78, 5) is 79.9. The van der Waals surface area contributed by atoms with Gasteiger partial charge in [-0.25, -0.2) is 9.59 Å². The second kappa shape index (κ2) is 41.0. The third-order valence-corrected chi connectivity index (χ3v) is 13.1. The Hall–Kier alpha value is -6.06. The van der Waals surface area contributed by atoms with Crippen LogP contribution in [0.15, 0.2) is 96.0 Å². The summed E-state index contributed by atoms with van der Waals surface area (Å²) in [5.41, 5.74) is 7.65. The van der Waals surface area contributed by atoms with E-state index in [0.29, 0.717) is 123 Å². The summed E-state index contributed by atoms with van der Waals surface area (Å²) in [7, 11) is 0. The number of hydrogen-bond donors (Lipinski definition) is 6. The van der Waals surface area contributed by atoms with Crippen molar-refractivity contribution in [1.82, 2.24) is 26.6 Å². The molecule has 0 bridgehead atoms. The number of amidine groups is 1. The molecular formula is C61H95N7O12S. The summed E-state index contributed by atoms with van der Waals surface area (Å²) in [5.74, 6) is 0.0784. The van der Waals surface area contributed by atoms with Crippen LogP contribution in [0.5, 0.6) is 0 Å². The lowest BCUT2D eigenvalue weighted by atomic mass is 9.84. The number of alkyl carbamates (subject to hydrolysis) is 2. The number of amides is 5. The van der Waals surface area contributed by atoms with E-state index < -0.39 is 46.1 Å². The van der Waals surface area contributed by atoms with E-state index in [9.17, 15) is 28.8 Å². The number of thioether (sulfide) groups is 1. The maximum absolute atomic E-state index is 14.4. The van der Waals surface area contributed by atoms with Crippen molar-refractivity contribution in [3.05, 3.63) is 108 Å². The molecule has 452 valence electrons. The molecule has 3 aromatic rings. The zero-order chi connectivity index (χ0) is 59.8. The van der Waals surface area contributed by atoms with Crippen LogP contribution in [-0.4, -0.2) is 150 Å². The number of aliphatic imine (C=N–C) groups is 1. The molecule has 3 aromatic carbocycles. The van der Waals surface area contributed by atoms with Crippen molar-refractivity contribution in [3.8, 4) is 0 Å². The number of nitrogens with zero attached hydrogens (tertiary/aromatic N) is 1. The van der Waals surface area contributed by atoms with Gasteiger partial charge in [0.1, 0.15) is 17.2 Å². The Morgan fingerprint density at radius 2 is 0.963 bits per heavy atom. The number of benzene rings is 3. The Morgan fingerprint density at radius 1 is 0.531 bits per heavy atom. The van der Waals surface area contributed by atoms with Gasteiger partial charge in [-0.3, -0.25) is 24.2 Å². The van der Waals surface area contributed by atoms with E-state index in [1.54, 1.807) is 20.8 Å². The van der Waals surface area contributed by atoms with E-state index >= 15 is 0 Å². The minimum Gasteiger partial charge on any atom is -0.444 e. The number of nitrogens with one attached hydrogen (secondary N) is 5. The minimum absolute atomic E-state index is 0.00856. The molecule has 0 heterocycles. The van der Waals surface area contributed by atoms with Gasteiger partial charge < -0.3 is 60.7 Å². The number of Topliss-reactive ketones (excluding diaryl/α,β-unsaturated/α-hetero) is 1. The van der Waals surface area contributed by atoms with Crippen molar-refractivity contribution in [1.29, 1.82) is 0 Å². The molecule has 0 unspecified atom stereocenters. The third kappa shape index (κ3) is 32.2. The molecule has 19 nitrogen and oxygen atoms in total. The van der Waals surface area contributed by atoms with Gasteiger partial charge in [0.05, 0.1) is 62.9 Å². The number of carbonyl (C=O) groups is 6. The van der Waals surface area contributed by atoms with E-state index in [1.807, 2.05) is 96.1 Å². The maximum Gasteiger partial charge on any atom is 0.408 e. The summed E-state index contributed by atoms with van der Waals surface area (Å²) in [6, 6.07) is 28.4. The Morgan fingerprint density at radius 3 is 1.40 bits per heavy atom. The van der Waals surface area contributed by atoms with E-state index in [4.69, 9.17) is 34.2 Å². The minimum atomic E-state index is -1.07. The Labute approximate surface area is 486 Å². The van der Waals surface area contributed by atoms with Crippen molar-refractivity contribution in [3.63, 3.8) is 0 Å². The van der Waals surface area contributed by atoms with Crippen molar-refractivity contribution in [2.24, 2.45) is 10.7 Å². The quantitative estimate of drug-likeness (QED) is 0.0136. The van der Waals surface area contributed by atoms with Crippen LogP contribution in [0.25, 0.3) is 0 Å². The molecule has 0 saturated heterocycles. The van der Waals surface area contributed by atoms with Crippen LogP contribution in [0.4, 0.5) is 9.59 Å². The summed E-state index contributed by atoms with van der Waals surface area (Å²) in [6.07, 6.45) is 3.59. The van der Waals surface area contributed by atoms with Gasteiger partial charge in [0.15, 0.2) is 5.78 Å². The van der Waals surface area contributed by atoms with E-state index in [-0.39, 0.29) is 29.8 Å². The van der Waals surface area contributed by atoms with Crippen LogP contribution in [-0.2, 0) is 52.3 Å². The lowest BCUT2D eigenvalue weighted by Gasteiger charge is -2.36. The SMILES string of the molecule is CCCC(=O)NCCOCCOCCCC(=O)[C@H](CCCN=C(N)CC)NC(=O)[C@H](CSC(c1ccccc1)(c1ccccc1)c1ccccc1)NC(=O)OC(C)(C)C.CCCC(=O)NCCOCCOCCNC(=O)OC(C)(C)C. The zero-order valence-electron chi connectivity index (χ0n) is 49.7. The number of ether oxygens (including phenoxy) is 6. The largest absolute Gasteiger partial charge is 0.444 e. The second-order valence-electron chi connectivity index (χ2n) is 20.9. The van der Waals surface area contributed by atoms with Gasteiger partial charge in [-0.2, -0.15) is 0 Å². The van der Waals surface area contributed by atoms with Crippen LogP contribution >= 0.6 is 11.8 Å². The highest BCUT2D eigenvalue weighted by molar-refractivity contribution is 8.00. The molecule has 0 saturated carbocycles. The molecule has 20 heteroatoms. The topological polar surface area (TPSA) is 256 Å². The molecule has 0 aliphatic heterocycles. The molecule has 0 aliphatic carbocycles. The number of rotatable bonds is 38. The van der Waals surface area contributed by atoms with Gasteiger partial charge in [-0.05, 0) is 90.3 Å². The predicted molar refractivity (Wildman–Crippen MR) is 320 cm³/mol. The number of carbonyl (C=O) groups excluding carboxylic acids is 6. The molecule has 81 heavy (non-hydrogen) atoms. The smallest absolute Gasteiger partial charge is 0.408 e. The number of ketones is 1. The first kappa shape index (κ1) is 71.0. The summed E-state index contributed by atoms with van der Waals surface area (Å²) in [5, 5.41) is 14.0. The van der Waals surface area contributed by atoms with E-state index in [1.165, 1.54) is 11.8 Å². The van der Waals surface area contributed by atoms with Crippen LogP contribution in [0.1, 0.15) is 137 Å². The first-order valence-corrected chi connectivity index (χ1v) is 29.5. The molecule has 2 atom stereocenters. The molecule has 5 amide bonds. The van der Waals surface area contributed by atoms with Crippen LogP contribution in [0, 0.1) is 0 Å². The zero-order valence-corrected chi connectivity index (χ0v) is 50.5. The lowest BCUT2D eigenvalue weighted by Crippen LogP contribution is -2.53. The van der Waals surface area contributed by atoms with Crippen molar-refractivity contribution >= 4 is 53.3 Å². The second-order valence-corrected chi connectivity index (χ2v) is 22.1. The molecule has 0 aliphatic rings. The molecule has 0 fully saturated rings. The van der Waals surface area contributed by atoms with Gasteiger partial charge in [0.25, 0.3) is 0 Å². The Kier molecular flexibility index (Phi) is 36.0. The molecular weight excluding hydrogens is 1050 g/mol. The Balaban J connectivity index is 0.000000855. The Bertz CT molecular complexity index is 2170. The number of hydrogen-bond acceptors (Lipinski definition) is 14. The molecule has 0 radical (unpaired) electrons. The van der Waals surface area contributed by atoms with Crippen molar-refractivity contribution in [2.45, 2.75) is 148 Å². The van der Waals surface area contributed by atoms with Crippen LogP contribution in [0.2, 0.25) is 0 Å². The van der Waals surface area contributed by atoms with E-state index in [2.05, 4.69) is 68.0 Å². The first-order valence-electron chi connectivity index (χ1n) is 28.5. The molecule has 0 spiro atoms. The summed E-state index contributed by atoms with van der Waals surface area (Å²) >= 11 is 1.52. The van der Waals surface area contributed by atoms with Gasteiger partial charge in [0.2, 0.25) is 17.7 Å². The standard InChI is InChI=1S/C46H65N5O7S.C15H30N2O5/c1-6-19-42(53)49-29-31-57-33-32-56-30-18-27-40(52)38(26-17-28-48-41(47)7-2)50-43(54)39(51-44(55)58-45(3,4)5)34-59-46(35-20-11-8-12-21-35,36-22-13-9-14-23-36)37-24-15-10-16-25-37;1-5-6-13(18)16-7-9-20-11-12-21-10-8-17-14(19)22-15(2,3)4/h8-16,20-25,38-39H,6-7,17-19,26-34H2,1-5H3,(H2,47,48)(H,49,53)(H,50,54)(H,51,55);5-12H2,1-4H3,(H,16,18)(H,17,19)/t38-,39-;/m0./s1. The van der Waals surface area contributed by atoms with Crippen LogP contribution < -0.4 is 32.3 Å². The molecule has 0 aromatic heterocycles. The normalized spacial score (nSPS) is 12.4. The van der Waals surface area contributed by atoms with Crippen molar-refractivity contribution < 1.29 is 57.2 Å². The average molecular weight is 1150 g/mol. The fraction of sp³-hybridized carbons (Fsp3) is 0.590. The molecule has 3 rings (SSSR count). The number of nitrogens with two attached hydrogens (primary N) is 1.